The summed E-state index contributed by atoms with van der Waals surface area (Å²) in [5.74, 6) is -0.522. The van der Waals surface area contributed by atoms with Gasteiger partial charge in [-0.05, 0) is 60.7 Å². The number of nitrogens with one attached hydrogen (secondary N) is 1. The van der Waals surface area contributed by atoms with Crippen LogP contribution < -0.4 is 9.62 Å². The molecule has 230 valence electrons. The number of nitrogens with zero attached hydrogens (tertiary/aromatic N) is 2. The lowest BCUT2D eigenvalue weighted by Crippen LogP contribution is -2.53. The van der Waals surface area contributed by atoms with E-state index in [2.05, 4.69) is 19.2 Å². The van der Waals surface area contributed by atoms with Crippen LogP contribution in [0.15, 0.2) is 114 Å². The first-order chi connectivity index (χ1) is 21.1. The van der Waals surface area contributed by atoms with Gasteiger partial charge in [0.2, 0.25) is 11.8 Å². The van der Waals surface area contributed by atoms with Crippen molar-refractivity contribution in [2.75, 3.05) is 17.4 Å². The molecule has 0 heterocycles. The maximum atomic E-state index is 14.4. The van der Waals surface area contributed by atoms with E-state index in [4.69, 9.17) is 0 Å². The smallest absolute Gasteiger partial charge is 0.264 e. The van der Waals surface area contributed by atoms with Crippen molar-refractivity contribution >= 4 is 27.5 Å². The van der Waals surface area contributed by atoms with Gasteiger partial charge in [-0.1, -0.05) is 104 Å². The molecule has 0 aliphatic carbocycles. The topological polar surface area (TPSA) is 86.8 Å². The largest absolute Gasteiger partial charge is 0.355 e. The molecule has 4 rings (SSSR count). The lowest BCUT2D eigenvalue weighted by Gasteiger charge is -2.34. The van der Waals surface area contributed by atoms with Gasteiger partial charge in [0.15, 0.2) is 0 Å². The predicted octanol–water partition coefficient (Wildman–Crippen LogP) is 6.09. The fourth-order valence-corrected chi connectivity index (χ4v) is 6.45. The Hall–Kier alpha value is -4.43. The third kappa shape index (κ3) is 8.14. The zero-order chi connectivity index (χ0) is 31.7. The minimum atomic E-state index is -4.12. The minimum absolute atomic E-state index is 0.0791. The Morgan fingerprint density at radius 1 is 0.773 bits per heavy atom. The molecule has 0 unspecified atom stereocenters. The molecule has 4 aromatic carbocycles. The molecule has 0 fully saturated rings. The summed E-state index contributed by atoms with van der Waals surface area (Å²) >= 11 is 0. The number of carbonyl (C=O) groups is 2. The standard InChI is InChI=1S/C36H41N3O4S/c1-5-37-36(41)34(24-29-12-8-6-9-13-29)38(25-30-18-16-28(4)17-19-30)35(40)26-39(32-22-20-31(21-23-32)27(2)3)44(42,43)33-14-10-7-11-15-33/h6-23,27,34H,5,24-26H2,1-4H3,(H,37,41)/t34-/m1/s1. The van der Waals surface area contributed by atoms with Gasteiger partial charge in [-0.3, -0.25) is 13.9 Å². The average Bonchev–Trinajstić information content (AvgIpc) is 3.03. The third-order valence-corrected chi connectivity index (χ3v) is 9.34. The van der Waals surface area contributed by atoms with Crippen molar-refractivity contribution in [1.29, 1.82) is 0 Å². The van der Waals surface area contributed by atoms with E-state index in [1.54, 1.807) is 30.3 Å². The van der Waals surface area contributed by atoms with Gasteiger partial charge in [-0.15, -0.1) is 0 Å². The molecule has 0 aromatic heterocycles. The number of sulfonamides is 1. The number of aryl methyl sites for hydroxylation is 1. The molecule has 8 heteroatoms. The molecule has 0 aliphatic heterocycles. The second-order valence-corrected chi connectivity index (χ2v) is 13.0. The van der Waals surface area contributed by atoms with Gasteiger partial charge in [-0.2, -0.15) is 0 Å². The van der Waals surface area contributed by atoms with Gasteiger partial charge < -0.3 is 10.2 Å². The Labute approximate surface area is 261 Å². The summed E-state index contributed by atoms with van der Waals surface area (Å²) in [5, 5.41) is 2.89. The molecule has 0 radical (unpaired) electrons. The van der Waals surface area contributed by atoms with Crippen molar-refractivity contribution in [2.24, 2.45) is 0 Å². The average molecular weight is 612 g/mol. The van der Waals surface area contributed by atoms with Crippen molar-refractivity contribution in [3.05, 3.63) is 131 Å². The predicted molar refractivity (Wildman–Crippen MR) is 176 cm³/mol. The maximum absolute atomic E-state index is 14.4. The minimum Gasteiger partial charge on any atom is -0.355 e. The van der Waals surface area contributed by atoms with E-state index in [0.29, 0.717) is 12.2 Å². The Bertz CT molecular complexity index is 1620. The highest BCUT2D eigenvalue weighted by molar-refractivity contribution is 7.92. The van der Waals surface area contributed by atoms with Crippen molar-refractivity contribution < 1.29 is 18.0 Å². The number of amides is 2. The molecular formula is C36H41N3O4S. The first kappa shape index (κ1) is 32.5. The van der Waals surface area contributed by atoms with E-state index in [-0.39, 0.29) is 29.7 Å². The lowest BCUT2D eigenvalue weighted by atomic mass is 10.0. The van der Waals surface area contributed by atoms with Crippen LogP contribution in [0.4, 0.5) is 5.69 Å². The van der Waals surface area contributed by atoms with Crippen LogP contribution in [0, 0.1) is 6.92 Å². The number of rotatable bonds is 13. The second kappa shape index (κ2) is 14.8. The molecule has 44 heavy (non-hydrogen) atoms. The van der Waals surface area contributed by atoms with Crippen LogP contribution in [-0.2, 0) is 32.6 Å². The zero-order valence-corrected chi connectivity index (χ0v) is 26.6. The first-order valence-electron chi connectivity index (χ1n) is 14.9. The summed E-state index contributed by atoms with van der Waals surface area (Å²) in [6, 6.07) is 31.8. The molecule has 0 saturated carbocycles. The Kier molecular flexibility index (Phi) is 11.0. The maximum Gasteiger partial charge on any atom is 0.264 e. The van der Waals surface area contributed by atoms with Gasteiger partial charge >= 0.3 is 0 Å². The van der Waals surface area contributed by atoms with Gasteiger partial charge in [-0.25, -0.2) is 8.42 Å². The summed E-state index contributed by atoms with van der Waals surface area (Å²) < 4.78 is 29.3. The van der Waals surface area contributed by atoms with Gasteiger partial charge in [0.1, 0.15) is 12.6 Å². The summed E-state index contributed by atoms with van der Waals surface area (Å²) in [4.78, 5) is 29.6. The van der Waals surface area contributed by atoms with E-state index >= 15 is 0 Å². The van der Waals surface area contributed by atoms with Crippen molar-refractivity contribution in [1.82, 2.24) is 10.2 Å². The fourth-order valence-electron chi connectivity index (χ4n) is 5.01. The molecule has 1 N–H and O–H groups in total. The quantitative estimate of drug-likeness (QED) is 0.198. The number of hydrogen-bond donors (Lipinski definition) is 1. The van der Waals surface area contributed by atoms with Gasteiger partial charge in [0.25, 0.3) is 10.0 Å². The molecule has 2 amide bonds. The van der Waals surface area contributed by atoms with Crippen LogP contribution >= 0.6 is 0 Å². The number of anilines is 1. The second-order valence-electron chi connectivity index (χ2n) is 11.2. The third-order valence-electron chi connectivity index (χ3n) is 7.55. The van der Waals surface area contributed by atoms with Gasteiger partial charge in [0, 0.05) is 19.5 Å². The van der Waals surface area contributed by atoms with Gasteiger partial charge in [0.05, 0.1) is 10.6 Å². The summed E-state index contributed by atoms with van der Waals surface area (Å²) in [6.07, 6.45) is 0.277. The Balaban J connectivity index is 1.79. The van der Waals surface area contributed by atoms with Crippen LogP contribution in [0.5, 0.6) is 0 Å². The van der Waals surface area contributed by atoms with E-state index in [0.717, 1.165) is 26.6 Å². The highest BCUT2D eigenvalue weighted by atomic mass is 32.2. The highest BCUT2D eigenvalue weighted by Crippen LogP contribution is 2.27. The van der Waals surface area contributed by atoms with Crippen LogP contribution in [0.2, 0.25) is 0 Å². The summed E-state index contributed by atoms with van der Waals surface area (Å²) in [6.45, 7) is 8.00. The van der Waals surface area contributed by atoms with Crippen LogP contribution in [0.3, 0.4) is 0 Å². The number of carbonyl (C=O) groups excluding carboxylic acids is 2. The molecule has 0 bridgehead atoms. The van der Waals surface area contributed by atoms with Crippen molar-refractivity contribution in [3.63, 3.8) is 0 Å². The zero-order valence-electron chi connectivity index (χ0n) is 25.8. The lowest BCUT2D eigenvalue weighted by molar-refractivity contribution is -0.140. The molecule has 0 saturated heterocycles. The number of likely N-dealkylation sites (N-methyl/N-ethyl adjacent to an activating group) is 1. The normalized spacial score (nSPS) is 12.0. The summed E-state index contributed by atoms with van der Waals surface area (Å²) in [5.41, 5.74) is 4.23. The van der Waals surface area contributed by atoms with E-state index < -0.39 is 28.5 Å². The summed E-state index contributed by atoms with van der Waals surface area (Å²) in [7, 11) is -4.12. The SMILES string of the molecule is CCNC(=O)[C@@H](Cc1ccccc1)N(Cc1ccc(C)cc1)C(=O)CN(c1ccc(C(C)C)cc1)S(=O)(=O)c1ccccc1. The molecule has 4 aromatic rings. The fraction of sp³-hybridized carbons (Fsp3) is 0.278. The number of benzene rings is 4. The van der Waals surface area contributed by atoms with E-state index in [1.165, 1.54) is 17.0 Å². The van der Waals surface area contributed by atoms with Crippen molar-refractivity contribution in [2.45, 2.75) is 57.5 Å². The molecule has 0 aliphatic rings. The molecular weight excluding hydrogens is 570 g/mol. The Morgan fingerprint density at radius 2 is 1.36 bits per heavy atom. The Morgan fingerprint density at radius 3 is 1.93 bits per heavy atom. The highest BCUT2D eigenvalue weighted by Gasteiger charge is 2.34. The molecule has 0 spiro atoms. The van der Waals surface area contributed by atoms with Crippen LogP contribution in [-0.4, -0.2) is 44.3 Å². The first-order valence-corrected chi connectivity index (χ1v) is 16.4. The van der Waals surface area contributed by atoms with Crippen LogP contribution in [0.25, 0.3) is 0 Å². The molecule has 7 nitrogen and oxygen atoms in total. The van der Waals surface area contributed by atoms with Crippen molar-refractivity contribution in [3.8, 4) is 0 Å². The van der Waals surface area contributed by atoms with E-state index in [9.17, 15) is 18.0 Å². The van der Waals surface area contributed by atoms with E-state index in [1.807, 2.05) is 80.6 Å². The molecule has 1 atom stereocenters. The monoisotopic (exact) mass is 611 g/mol. The number of hydrogen-bond acceptors (Lipinski definition) is 4. The van der Waals surface area contributed by atoms with Crippen LogP contribution in [0.1, 0.15) is 48.9 Å².